The van der Waals surface area contributed by atoms with Crippen LogP contribution < -0.4 is 5.73 Å². The zero-order valence-corrected chi connectivity index (χ0v) is 9.55. The first kappa shape index (κ1) is 13.5. The SMILES string of the molecule is NC(=O)Cc1cc(CN=C=O)cc(CN=C=O)c1. The number of nitrogens with zero attached hydrogens (tertiary/aromatic N) is 2. The zero-order valence-electron chi connectivity index (χ0n) is 9.55. The molecule has 0 unspecified atom stereocenters. The number of benzene rings is 1. The van der Waals surface area contributed by atoms with Crippen LogP contribution >= 0.6 is 0 Å². The van der Waals surface area contributed by atoms with Crippen molar-refractivity contribution in [3.63, 3.8) is 0 Å². The lowest BCUT2D eigenvalue weighted by atomic mass is 10.0. The predicted octanol–water partition coefficient (Wildman–Crippen LogP) is 0.386. The van der Waals surface area contributed by atoms with Gasteiger partial charge in [-0.15, -0.1) is 0 Å². The summed E-state index contributed by atoms with van der Waals surface area (Å²) >= 11 is 0. The van der Waals surface area contributed by atoms with E-state index in [4.69, 9.17) is 5.73 Å². The van der Waals surface area contributed by atoms with Gasteiger partial charge in [0.25, 0.3) is 0 Å². The first-order valence-corrected chi connectivity index (χ1v) is 5.13. The van der Waals surface area contributed by atoms with Crippen molar-refractivity contribution in [2.75, 3.05) is 0 Å². The van der Waals surface area contributed by atoms with Crippen LogP contribution in [0.2, 0.25) is 0 Å². The van der Waals surface area contributed by atoms with Crippen LogP contribution in [0, 0.1) is 0 Å². The third-order valence-corrected chi connectivity index (χ3v) is 2.14. The highest BCUT2D eigenvalue weighted by molar-refractivity contribution is 5.76. The Balaban J connectivity index is 3.05. The molecule has 0 saturated carbocycles. The van der Waals surface area contributed by atoms with Crippen molar-refractivity contribution in [3.05, 3.63) is 34.9 Å². The molecule has 2 N–H and O–H groups in total. The fourth-order valence-corrected chi connectivity index (χ4v) is 1.57. The normalized spacial score (nSPS) is 9.11. The summed E-state index contributed by atoms with van der Waals surface area (Å²) in [4.78, 5) is 37.9. The van der Waals surface area contributed by atoms with Crippen molar-refractivity contribution in [1.82, 2.24) is 0 Å². The van der Waals surface area contributed by atoms with Gasteiger partial charge < -0.3 is 5.73 Å². The molecular weight excluding hydrogens is 234 g/mol. The largest absolute Gasteiger partial charge is 0.369 e. The van der Waals surface area contributed by atoms with E-state index >= 15 is 0 Å². The number of primary amides is 1. The first-order chi connectivity index (χ1) is 8.65. The molecule has 18 heavy (non-hydrogen) atoms. The van der Waals surface area contributed by atoms with Crippen molar-refractivity contribution < 1.29 is 14.4 Å². The minimum absolute atomic E-state index is 0.0798. The number of amides is 1. The molecule has 0 aromatic heterocycles. The molecule has 1 rings (SSSR count). The third kappa shape index (κ3) is 4.53. The fraction of sp³-hybridized carbons (Fsp3) is 0.250. The van der Waals surface area contributed by atoms with Crippen LogP contribution in [0.15, 0.2) is 28.2 Å². The van der Waals surface area contributed by atoms with Gasteiger partial charge in [-0.2, -0.15) is 0 Å². The molecule has 0 aliphatic carbocycles. The molecule has 1 aromatic rings. The van der Waals surface area contributed by atoms with Gasteiger partial charge in [-0.3, -0.25) is 4.79 Å². The number of rotatable bonds is 6. The quantitative estimate of drug-likeness (QED) is 0.579. The summed E-state index contributed by atoms with van der Waals surface area (Å²) in [6, 6.07) is 5.19. The fourth-order valence-electron chi connectivity index (χ4n) is 1.57. The summed E-state index contributed by atoms with van der Waals surface area (Å²) in [6.45, 7) is 0.321. The van der Waals surface area contributed by atoms with Crippen molar-refractivity contribution in [1.29, 1.82) is 0 Å². The number of isocyanates is 2. The number of nitrogens with two attached hydrogens (primary N) is 1. The van der Waals surface area contributed by atoms with Gasteiger partial charge in [-0.05, 0) is 16.7 Å². The lowest BCUT2D eigenvalue weighted by molar-refractivity contribution is -0.117. The van der Waals surface area contributed by atoms with E-state index in [-0.39, 0.29) is 19.5 Å². The summed E-state index contributed by atoms with van der Waals surface area (Å²) in [5, 5.41) is 0. The molecule has 0 spiro atoms. The third-order valence-electron chi connectivity index (χ3n) is 2.14. The maximum atomic E-state index is 10.9. The Morgan fingerprint density at radius 3 is 1.83 bits per heavy atom. The summed E-state index contributed by atoms with van der Waals surface area (Å²) in [7, 11) is 0. The number of carbonyl (C=O) groups excluding carboxylic acids is 3. The average Bonchev–Trinajstić information content (AvgIpc) is 2.33. The van der Waals surface area contributed by atoms with Gasteiger partial charge in [-0.25, -0.2) is 19.6 Å². The Labute approximate surface area is 103 Å². The number of hydrogen-bond acceptors (Lipinski definition) is 5. The van der Waals surface area contributed by atoms with Crippen LogP contribution in [0.3, 0.4) is 0 Å². The van der Waals surface area contributed by atoms with Crippen LogP contribution in [0.4, 0.5) is 0 Å². The second-order valence-corrected chi connectivity index (χ2v) is 3.62. The zero-order chi connectivity index (χ0) is 13.4. The maximum absolute atomic E-state index is 10.9. The maximum Gasteiger partial charge on any atom is 0.235 e. The molecular formula is C12H11N3O3. The summed E-state index contributed by atoms with van der Waals surface area (Å²) in [6.07, 6.45) is 2.95. The summed E-state index contributed by atoms with van der Waals surface area (Å²) in [5.41, 5.74) is 7.27. The van der Waals surface area contributed by atoms with Crippen LogP contribution in [0.5, 0.6) is 0 Å². The number of hydrogen-bond donors (Lipinski definition) is 1. The molecule has 0 radical (unpaired) electrons. The van der Waals surface area contributed by atoms with E-state index in [0.717, 1.165) is 11.1 Å². The minimum atomic E-state index is -0.462. The lowest BCUT2D eigenvalue weighted by Crippen LogP contribution is -2.14. The summed E-state index contributed by atoms with van der Waals surface area (Å²) < 4.78 is 0. The Morgan fingerprint density at radius 1 is 1.00 bits per heavy atom. The Bertz CT molecular complexity index is 470. The van der Waals surface area contributed by atoms with Gasteiger partial charge in [0.1, 0.15) is 0 Å². The average molecular weight is 245 g/mol. The van der Waals surface area contributed by atoms with Gasteiger partial charge in [0, 0.05) is 0 Å². The molecule has 6 heteroatoms. The molecule has 0 saturated heterocycles. The van der Waals surface area contributed by atoms with Gasteiger partial charge in [0.2, 0.25) is 18.1 Å². The number of aliphatic imine (C=N–C) groups is 2. The standard InChI is InChI=1S/C12H11N3O3/c13-12(18)4-9-1-10(5-14-7-16)3-11(2-9)6-15-8-17/h1-3H,4-6H2,(H2,13,18). The van der Waals surface area contributed by atoms with Gasteiger partial charge in [0.15, 0.2) is 0 Å². The molecule has 0 aliphatic heterocycles. The molecule has 0 atom stereocenters. The van der Waals surface area contributed by atoms with Gasteiger partial charge in [-0.1, -0.05) is 18.2 Å². The molecule has 0 aliphatic rings. The van der Waals surface area contributed by atoms with E-state index < -0.39 is 5.91 Å². The minimum Gasteiger partial charge on any atom is -0.369 e. The van der Waals surface area contributed by atoms with Crippen molar-refractivity contribution >= 4 is 18.1 Å². The van der Waals surface area contributed by atoms with E-state index in [1.165, 1.54) is 12.2 Å². The highest BCUT2D eigenvalue weighted by Crippen LogP contribution is 2.13. The molecule has 6 nitrogen and oxygen atoms in total. The molecule has 92 valence electrons. The molecule has 0 bridgehead atoms. The monoisotopic (exact) mass is 245 g/mol. The predicted molar refractivity (Wildman–Crippen MR) is 63.0 cm³/mol. The van der Waals surface area contributed by atoms with Crippen molar-refractivity contribution in [2.45, 2.75) is 19.5 Å². The van der Waals surface area contributed by atoms with E-state index in [1.54, 1.807) is 18.2 Å². The van der Waals surface area contributed by atoms with Crippen molar-refractivity contribution in [3.8, 4) is 0 Å². The molecule has 1 amide bonds. The van der Waals surface area contributed by atoms with Gasteiger partial charge in [0.05, 0.1) is 19.5 Å². The smallest absolute Gasteiger partial charge is 0.235 e. The molecule has 0 fully saturated rings. The molecule has 1 aromatic carbocycles. The Kier molecular flexibility index (Phi) is 5.19. The van der Waals surface area contributed by atoms with E-state index in [9.17, 15) is 14.4 Å². The Morgan fingerprint density at radius 2 is 1.44 bits per heavy atom. The topological polar surface area (TPSA) is 102 Å². The Hall–Kier alpha value is -2.55. The lowest BCUT2D eigenvalue weighted by Gasteiger charge is -2.05. The van der Waals surface area contributed by atoms with Crippen LogP contribution in [0.25, 0.3) is 0 Å². The molecule has 0 heterocycles. The summed E-state index contributed by atoms with van der Waals surface area (Å²) in [5.74, 6) is -0.462. The van der Waals surface area contributed by atoms with E-state index in [1.807, 2.05) is 0 Å². The second kappa shape index (κ2) is 6.91. The van der Waals surface area contributed by atoms with Crippen LogP contribution in [-0.4, -0.2) is 18.1 Å². The van der Waals surface area contributed by atoms with Gasteiger partial charge >= 0.3 is 0 Å². The number of carbonyl (C=O) groups is 1. The van der Waals surface area contributed by atoms with Crippen molar-refractivity contribution in [2.24, 2.45) is 15.7 Å². The van der Waals surface area contributed by atoms with Crippen LogP contribution in [0.1, 0.15) is 16.7 Å². The second-order valence-electron chi connectivity index (χ2n) is 3.62. The first-order valence-electron chi connectivity index (χ1n) is 5.13. The highest BCUT2D eigenvalue weighted by Gasteiger charge is 2.04. The highest BCUT2D eigenvalue weighted by atomic mass is 16.1. The van der Waals surface area contributed by atoms with E-state index in [2.05, 4.69) is 9.98 Å². The van der Waals surface area contributed by atoms with E-state index in [0.29, 0.717) is 5.56 Å². The van der Waals surface area contributed by atoms with Crippen LogP contribution in [-0.2, 0) is 33.9 Å².